The van der Waals surface area contributed by atoms with Crippen molar-refractivity contribution in [3.8, 4) is 0 Å². The van der Waals surface area contributed by atoms with Crippen molar-refractivity contribution in [2.24, 2.45) is 0 Å². The second-order valence-corrected chi connectivity index (χ2v) is 4.61. The Balaban J connectivity index is -0.000000659. The molecule has 0 fully saturated rings. The van der Waals surface area contributed by atoms with Crippen LogP contribution in [0.3, 0.4) is 0 Å². The van der Waals surface area contributed by atoms with E-state index in [1.807, 2.05) is 58.9 Å². The molecule has 3 heteroatoms. The molecule has 2 nitrogen and oxygen atoms in total. The third kappa shape index (κ3) is 15.5. The number of likely N-dealkylation sites (N-methyl/N-ethyl adjacent to an activating group) is 1. The molecule has 0 aliphatic heterocycles. The summed E-state index contributed by atoms with van der Waals surface area (Å²) in [7, 11) is 2.09. The fraction of sp³-hybridized carbons (Fsp3) is 0.524. The van der Waals surface area contributed by atoms with Crippen molar-refractivity contribution >= 4 is 17.3 Å². The van der Waals surface area contributed by atoms with Gasteiger partial charge in [0.15, 0.2) is 0 Å². The standard InChI is InChI=1S/C16H24N2.2C2H6.CH3Cl/c1-4-7-14(2)18(3)13-6-5-8-15-9-11-16(17)12-10-15;3*1-2/h4,7,9-12H,2,5-6,8,13,17H2,1,3H3;2*1-2H3;1H3/b7-4-;;;. The lowest BCUT2D eigenvalue weighted by molar-refractivity contribution is 0.415. The van der Waals surface area contributed by atoms with Crippen LogP contribution in [0.2, 0.25) is 0 Å². The summed E-state index contributed by atoms with van der Waals surface area (Å²) in [6.07, 6.45) is 9.02. The average molecular weight is 355 g/mol. The minimum absolute atomic E-state index is 0.834. The Labute approximate surface area is 156 Å². The van der Waals surface area contributed by atoms with Crippen LogP contribution < -0.4 is 5.73 Å². The lowest BCUT2D eigenvalue weighted by Crippen LogP contribution is -2.17. The van der Waals surface area contributed by atoms with Crippen molar-refractivity contribution in [2.75, 3.05) is 25.7 Å². The van der Waals surface area contributed by atoms with Crippen LogP contribution in [0.5, 0.6) is 0 Å². The molecule has 2 N–H and O–H groups in total. The topological polar surface area (TPSA) is 29.3 Å². The molecule has 24 heavy (non-hydrogen) atoms. The van der Waals surface area contributed by atoms with Gasteiger partial charge < -0.3 is 10.6 Å². The summed E-state index contributed by atoms with van der Waals surface area (Å²) >= 11 is 4.64. The zero-order valence-electron chi connectivity index (χ0n) is 16.9. The Morgan fingerprint density at radius 1 is 1.08 bits per heavy atom. The summed E-state index contributed by atoms with van der Waals surface area (Å²) in [5, 5.41) is 0. The van der Waals surface area contributed by atoms with Crippen LogP contribution in [0.15, 0.2) is 48.7 Å². The predicted molar refractivity (Wildman–Crippen MR) is 115 cm³/mol. The lowest BCUT2D eigenvalue weighted by Gasteiger charge is -2.19. The van der Waals surface area contributed by atoms with Crippen LogP contribution in [0.4, 0.5) is 5.69 Å². The van der Waals surface area contributed by atoms with Crippen LogP contribution in [0, 0.1) is 0 Å². The van der Waals surface area contributed by atoms with Crippen molar-refractivity contribution in [1.29, 1.82) is 0 Å². The molecule has 0 saturated heterocycles. The first-order valence-corrected chi connectivity index (χ1v) is 9.64. The van der Waals surface area contributed by atoms with Gasteiger partial charge in [0.2, 0.25) is 0 Å². The first-order chi connectivity index (χ1) is 11.6. The highest BCUT2D eigenvalue weighted by Gasteiger charge is 1.99. The molecule has 1 aromatic rings. The van der Waals surface area contributed by atoms with E-state index in [1.165, 1.54) is 24.8 Å². The first kappa shape index (κ1) is 27.4. The third-order valence-electron chi connectivity index (χ3n) is 3.04. The van der Waals surface area contributed by atoms with Gasteiger partial charge >= 0.3 is 0 Å². The molecule has 0 unspecified atom stereocenters. The lowest BCUT2D eigenvalue weighted by atomic mass is 10.1. The smallest absolute Gasteiger partial charge is 0.0314 e. The molecule has 0 aliphatic carbocycles. The highest BCUT2D eigenvalue weighted by atomic mass is 35.5. The molecule has 0 bridgehead atoms. The normalized spacial score (nSPS) is 8.83. The number of rotatable bonds is 7. The summed E-state index contributed by atoms with van der Waals surface area (Å²) in [5.41, 5.74) is 8.93. The summed E-state index contributed by atoms with van der Waals surface area (Å²) < 4.78 is 0. The van der Waals surface area contributed by atoms with Crippen molar-refractivity contribution in [3.63, 3.8) is 0 Å². The van der Waals surface area contributed by atoms with Gasteiger partial charge in [0, 0.05) is 31.4 Å². The minimum atomic E-state index is 0.834. The van der Waals surface area contributed by atoms with Gasteiger partial charge in [0.05, 0.1) is 0 Å². The van der Waals surface area contributed by atoms with E-state index in [0.29, 0.717) is 0 Å². The zero-order chi connectivity index (χ0) is 19.4. The fourth-order valence-corrected chi connectivity index (χ4v) is 1.83. The van der Waals surface area contributed by atoms with Gasteiger partial charge in [0.25, 0.3) is 0 Å². The zero-order valence-corrected chi connectivity index (χ0v) is 17.7. The van der Waals surface area contributed by atoms with Crippen LogP contribution >= 0.6 is 11.6 Å². The molecule has 0 spiro atoms. The van der Waals surface area contributed by atoms with Crippen LogP contribution in [-0.4, -0.2) is 24.9 Å². The number of nitrogens with two attached hydrogens (primary N) is 1. The average Bonchev–Trinajstić information content (AvgIpc) is 2.65. The minimum Gasteiger partial charge on any atom is -0.399 e. The van der Waals surface area contributed by atoms with Crippen LogP contribution in [-0.2, 0) is 6.42 Å². The highest BCUT2D eigenvalue weighted by molar-refractivity contribution is 6.15. The second-order valence-electron chi connectivity index (χ2n) is 4.61. The van der Waals surface area contributed by atoms with E-state index in [1.54, 1.807) is 0 Å². The van der Waals surface area contributed by atoms with E-state index >= 15 is 0 Å². The maximum absolute atomic E-state index is 5.66. The number of halogens is 1. The van der Waals surface area contributed by atoms with Gasteiger partial charge in [-0.15, -0.1) is 11.6 Å². The van der Waals surface area contributed by atoms with Crippen molar-refractivity contribution in [1.82, 2.24) is 4.90 Å². The molecule has 0 radical (unpaired) electrons. The number of anilines is 1. The number of allylic oxidation sites excluding steroid dienone is 2. The maximum Gasteiger partial charge on any atom is 0.0314 e. The molecule has 0 aliphatic rings. The Hall–Kier alpha value is -1.41. The van der Waals surface area contributed by atoms with Crippen LogP contribution in [0.1, 0.15) is 53.0 Å². The number of hydrogen-bond donors (Lipinski definition) is 1. The maximum atomic E-state index is 5.66. The Kier molecular flexibility index (Phi) is 24.7. The molecule has 0 aromatic heterocycles. The monoisotopic (exact) mass is 354 g/mol. The SMILES string of the molecule is C=C(/C=C\C)N(C)CCCCc1ccc(N)cc1.CC.CC.CCl. The summed E-state index contributed by atoms with van der Waals surface area (Å²) in [4.78, 5) is 2.20. The van der Waals surface area contributed by atoms with Gasteiger partial charge in [-0.2, -0.15) is 0 Å². The molecule has 0 atom stereocenters. The van der Waals surface area contributed by atoms with E-state index in [9.17, 15) is 0 Å². The molecule has 1 aromatic carbocycles. The van der Waals surface area contributed by atoms with Crippen molar-refractivity contribution in [3.05, 3.63) is 54.3 Å². The van der Waals surface area contributed by atoms with Crippen LogP contribution in [0.25, 0.3) is 0 Å². The molecule has 0 heterocycles. The van der Waals surface area contributed by atoms with Gasteiger partial charge in [-0.05, 0) is 50.0 Å². The summed E-state index contributed by atoms with van der Waals surface area (Å²) in [6.45, 7) is 15.1. The van der Waals surface area contributed by atoms with E-state index in [-0.39, 0.29) is 0 Å². The number of nitrogens with zero attached hydrogens (tertiary/aromatic N) is 1. The summed E-state index contributed by atoms with van der Waals surface area (Å²) in [6, 6.07) is 8.15. The Morgan fingerprint density at radius 3 is 2.04 bits per heavy atom. The quantitative estimate of drug-likeness (QED) is 0.261. The van der Waals surface area contributed by atoms with Gasteiger partial charge in [-0.3, -0.25) is 0 Å². The Bertz CT molecular complexity index is 397. The van der Waals surface area contributed by atoms with E-state index in [2.05, 4.69) is 42.3 Å². The number of alkyl halides is 1. The third-order valence-corrected chi connectivity index (χ3v) is 3.04. The number of hydrogen-bond acceptors (Lipinski definition) is 2. The fourth-order valence-electron chi connectivity index (χ4n) is 1.83. The number of nitrogen functional groups attached to an aromatic ring is 1. The molecule has 0 saturated carbocycles. The van der Waals surface area contributed by atoms with E-state index in [0.717, 1.165) is 24.4 Å². The molecule has 1 rings (SSSR count). The molecular formula is C21H39ClN2. The second kappa shape index (κ2) is 21.6. The first-order valence-electron chi connectivity index (χ1n) is 8.88. The number of benzene rings is 1. The molecular weight excluding hydrogens is 316 g/mol. The molecule has 140 valence electrons. The van der Waals surface area contributed by atoms with Gasteiger partial charge in [-0.25, -0.2) is 0 Å². The van der Waals surface area contributed by atoms with Crippen molar-refractivity contribution in [2.45, 2.75) is 53.9 Å². The number of aryl methyl sites for hydroxylation is 1. The summed E-state index contributed by atoms with van der Waals surface area (Å²) in [5.74, 6) is 0. The number of unbranched alkanes of at least 4 members (excludes halogenated alkanes) is 1. The Morgan fingerprint density at radius 2 is 1.58 bits per heavy atom. The van der Waals surface area contributed by atoms with E-state index in [4.69, 9.17) is 5.73 Å². The molecule has 0 amide bonds. The highest BCUT2D eigenvalue weighted by Crippen LogP contribution is 2.10. The van der Waals surface area contributed by atoms with E-state index < -0.39 is 0 Å². The van der Waals surface area contributed by atoms with Gasteiger partial charge in [-0.1, -0.05) is 52.5 Å². The van der Waals surface area contributed by atoms with Gasteiger partial charge in [0.1, 0.15) is 0 Å². The predicted octanol–water partition coefficient (Wildman–Crippen LogP) is 6.52. The largest absolute Gasteiger partial charge is 0.399 e. The van der Waals surface area contributed by atoms with Crippen molar-refractivity contribution < 1.29 is 0 Å².